The molecule has 0 saturated heterocycles. The van der Waals surface area contributed by atoms with Crippen LogP contribution in [0.5, 0.6) is 0 Å². The van der Waals surface area contributed by atoms with E-state index in [1.165, 1.54) is 6.92 Å². The third-order valence-electron chi connectivity index (χ3n) is 1.96. The lowest BCUT2D eigenvalue weighted by Gasteiger charge is -1.99. The van der Waals surface area contributed by atoms with E-state index < -0.39 is 0 Å². The minimum absolute atomic E-state index is 0.0488. The number of carbonyl (C=O) groups is 1. The van der Waals surface area contributed by atoms with Crippen LogP contribution >= 0.6 is 15.9 Å². The van der Waals surface area contributed by atoms with Gasteiger partial charge < -0.3 is 11.1 Å². The van der Waals surface area contributed by atoms with Crippen LogP contribution in [0.4, 0.5) is 11.4 Å². The maximum absolute atomic E-state index is 10.6. The maximum Gasteiger partial charge on any atom is 0.221 e. The van der Waals surface area contributed by atoms with Gasteiger partial charge in [-0.25, -0.2) is 0 Å². The number of rotatable bonds is 1. The lowest BCUT2D eigenvalue weighted by Crippen LogP contribution is -2.04. The van der Waals surface area contributed by atoms with Crippen LogP contribution in [-0.2, 0) is 4.79 Å². The molecule has 0 fully saturated rings. The van der Waals surface area contributed by atoms with Crippen LogP contribution in [0, 0.1) is 0 Å². The third-order valence-corrected chi connectivity index (χ3v) is 2.49. The van der Waals surface area contributed by atoms with Gasteiger partial charge in [-0.05, 0) is 36.4 Å². The highest BCUT2D eigenvalue weighted by atomic mass is 79.9. The molecule has 0 radical (unpaired) electrons. The molecule has 0 aliphatic heterocycles. The zero-order valence-electron chi connectivity index (χ0n) is 10.1. The van der Waals surface area contributed by atoms with Crippen molar-refractivity contribution in [2.45, 2.75) is 6.92 Å². The van der Waals surface area contributed by atoms with Gasteiger partial charge in [-0.2, -0.15) is 0 Å². The number of para-hydroxylation sites is 1. The number of anilines is 2. The number of hydrogen-bond donors (Lipinski definition) is 2. The SMILES string of the molecule is CC(=O)Nc1ccc(Br)cc1.Nc1ccccc1. The molecule has 0 unspecified atom stereocenters. The number of benzene rings is 2. The van der Waals surface area contributed by atoms with Crippen LogP contribution in [0.15, 0.2) is 59.1 Å². The number of hydrogen-bond acceptors (Lipinski definition) is 2. The van der Waals surface area contributed by atoms with Crippen molar-refractivity contribution in [1.29, 1.82) is 0 Å². The van der Waals surface area contributed by atoms with Gasteiger partial charge in [0.15, 0.2) is 0 Å². The quantitative estimate of drug-likeness (QED) is 0.790. The number of nitrogens with one attached hydrogen (secondary N) is 1. The van der Waals surface area contributed by atoms with Gasteiger partial charge in [0.2, 0.25) is 5.91 Å². The molecule has 3 N–H and O–H groups in total. The third kappa shape index (κ3) is 6.06. The van der Waals surface area contributed by atoms with Crippen LogP contribution < -0.4 is 11.1 Å². The van der Waals surface area contributed by atoms with Gasteiger partial charge in [-0.1, -0.05) is 34.1 Å². The fourth-order valence-electron chi connectivity index (χ4n) is 1.19. The van der Waals surface area contributed by atoms with Crippen molar-refractivity contribution in [2.24, 2.45) is 0 Å². The second kappa shape index (κ2) is 7.50. The molecule has 0 aliphatic rings. The van der Waals surface area contributed by atoms with Gasteiger partial charge in [0.1, 0.15) is 0 Å². The first kappa shape index (κ1) is 14.3. The van der Waals surface area contributed by atoms with Gasteiger partial charge in [-0.3, -0.25) is 4.79 Å². The molecular weight excluding hydrogens is 292 g/mol. The molecule has 0 aliphatic carbocycles. The Morgan fingerprint density at radius 2 is 1.61 bits per heavy atom. The average molecular weight is 307 g/mol. The summed E-state index contributed by atoms with van der Waals surface area (Å²) in [6.07, 6.45) is 0. The van der Waals surface area contributed by atoms with Crippen molar-refractivity contribution in [3.63, 3.8) is 0 Å². The lowest BCUT2D eigenvalue weighted by molar-refractivity contribution is -0.114. The average Bonchev–Trinajstić information content (AvgIpc) is 2.33. The van der Waals surface area contributed by atoms with Crippen molar-refractivity contribution < 1.29 is 4.79 Å². The van der Waals surface area contributed by atoms with Gasteiger partial charge in [-0.15, -0.1) is 0 Å². The molecule has 0 bridgehead atoms. The first-order valence-electron chi connectivity index (χ1n) is 5.41. The Balaban J connectivity index is 0.000000199. The van der Waals surface area contributed by atoms with Crippen LogP contribution in [0.2, 0.25) is 0 Å². The summed E-state index contributed by atoms with van der Waals surface area (Å²) < 4.78 is 1.01. The fraction of sp³-hybridized carbons (Fsp3) is 0.0714. The monoisotopic (exact) mass is 306 g/mol. The van der Waals surface area contributed by atoms with Crippen LogP contribution in [0.3, 0.4) is 0 Å². The highest BCUT2D eigenvalue weighted by Gasteiger charge is 1.92. The topological polar surface area (TPSA) is 55.1 Å². The minimum atomic E-state index is -0.0488. The first-order valence-corrected chi connectivity index (χ1v) is 6.21. The van der Waals surface area contributed by atoms with E-state index in [1.807, 2.05) is 54.6 Å². The Hall–Kier alpha value is -1.81. The van der Waals surface area contributed by atoms with Gasteiger partial charge >= 0.3 is 0 Å². The van der Waals surface area contributed by atoms with Crippen molar-refractivity contribution in [3.05, 3.63) is 59.1 Å². The number of carbonyl (C=O) groups excluding carboxylic acids is 1. The zero-order chi connectivity index (χ0) is 13.4. The molecule has 0 atom stereocenters. The highest BCUT2D eigenvalue weighted by Crippen LogP contribution is 2.13. The van der Waals surface area contributed by atoms with E-state index in [1.54, 1.807) is 0 Å². The summed E-state index contributed by atoms with van der Waals surface area (Å²) in [5.74, 6) is -0.0488. The summed E-state index contributed by atoms with van der Waals surface area (Å²) in [7, 11) is 0. The molecule has 0 aromatic heterocycles. The van der Waals surface area contributed by atoms with E-state index in [9.17, 15) is 4.79 Å². The van der Waals surface area contributed by atoms with Crippen LogP contribution in [0.25, 0.3) is 0 Å². The molecule has 2 aromatic carbocycles. The van der Waals surface area contributed by atoms with Crippen molar-refractivity contribution in [3.8, 4) is 0 Å². The van der Waals surface area contributed by atoms with E-state index in [0.717, 1.165) is 15.8 Å². The second-order valence-electron chi connectivity index (χ2n) is 3.60. The molecule has 0 spiro atoms. The van der Waals surface area contributed by atoms with Gasteiger partial charge in [0.25, 0.3) is 0 Å². The molecule has 4 heteroatoms. The molecule has 0 saturated carbocycles. The Morgan fingerprint density at radius 3 is 2.00 bits per heavy atom. The summed E-state index contributed by atoms with van der Waals surface area (Å²) in [5.41, 5.74) is 7.00. The Kier molecular flexibility index (Phi) is 5.94. The van der Waals surface area contributed by atoms with Crippen molar-refractivity contribution in [2.75, 3.05) is 11.1 Å². The molecule has 2 aromatic rings. The van der Waals surface area contributed by atoms with E-state index in [0.29, 0.717) is 0 Å². The van der Waals surface area contributed by atoms with Gasteiger partial charge in [0, 0.05) is 22.8 Å². The van der Waals surface area contributed by atoms with E-state index in [4.69, 9.17) is 5.73 Å². The minimum Gasteiger partial charge on any atom is -0.399 e. The number of halogens is 1. The van der Waals surface area contributed by atoms with Gasteiger partial charge in [0.05, 0.1) is 0 Å². The highest BCUT2D eigenvalue weighted by molar-refractivity contribution is 9.10. The Bertz CT molecular complexity index is 483. The molecule has 3 nitrogen and oxygen atoms in total. The smallest absolute Gasteiger partial charge is 0.221 e. The van der Waals surface area contributed by atoms with Crippen LogP contribution in [-0.4, -0.2) is 5.91 Å². The summed E-state index contributed by atoms with van der Waals surface area (Å²) >= 11 is 3.30. The maximum atomic E-state index is 10.6. The molecule has 18 heavy (non-hydrogen) atoms. The molecule has 2 rings (SSSR count). The number of amides is 1. The summed E-state index contributed by atoms with van der Waals surface area (Å²) in [5, 5.41) is 2.67. The van der Waals surface area contributed by atoms with E-state index >= 15 is 0 Å². The van der Waals surface area contributed by atoms with Crippen LogP contribution in [0.1, 0.15) is 6.92 Å². The number of nitrogen functional groups attached to an aromatic ring is 1. The molecule has 1 amide bonds. The largest absolute Gasteiger partial charge is 0.399 e. The first-order chi connectivity index (χ1) is 8.58. The Labute approximate surface area is 115 Å². The molecular formula is C14H15BrN2O. The predicted octanol–water partition coefficient (Wildman–Crippen LogP) is 3.68. The normalized spacial score (nSPS) is 9.00. The fourth-order valence-corrected chi connectivity index (χ4v) is 1.45. The zero-order valence-corrected chi connectivity index (χ0v) is 11.6. The predicted molar refractivity (Wildman–Crippen MR) is 79.3 cm³/mol. The lowest BCUT2D eigenvalue weighted by atomic mass is 10.3. The van der Waals surface area contributed by atoms with E-state index in [-0.39, 0.29) is 5.91 Å². The Morgan fingerprint density at radius 1 is 1.06 bits per heavy atom. The second-order valence-corrected chi connectivity index (χ2v) is 4.51. The summed E-state index contributed by atoms with van der Waals surface area (Å²) in [6, 6.07) is 16.9. The number of nitrogens with two attached hydrogens (primary N) is 1. The van der Waals surface area contributed by atoms with Crippen molar-refractivity contribution >= 4 is 33.2 Å². The summed E-state index contributed by atoms with van der Waals surface area (Å²) in [4.78, 5) is 10.6. The summed E-state index contributed by atoms with van der Waals surface area (Å²) in [6.45, 7) is 1.49. The van der Waals surface area contributed by atoms with Crippen molar-refractivity contribution in [1.82, 2.24) is 0 Å². The molecule has 94 valence electrons. The van der Waals surface area contributed by atoms with E-state index in [2.05, 4.69) is 21.2 Å². The molecule has 0 heterocycles. The standard InChI is InChI=1S/C8H8BrNO.C6H7N/c1-6(11)10-8-4-2-7(9)3-5-8;7-6-4-2-1-3-5-6/h2-5H,1H3,(H,10,11);1-5H,7H2.